The Morgan fingerprint density at radius 1 is 1.37 bits per heavy atom. The van der Waals surface area contributed by atoms with E-state index in [1.165, 1.54) is 18.5 Å². The number of para-hydroxylation sites is 2. The monoisotopic (exact) mass is 386 g/mol. The van der Waals surface area contributed by atoms with Crippen LogP contribution in [0.5, 0.6) is 11.5 Å². The number of nitrogens with zero attached hydrogens (tertiary/aromatic N) is 2. The minimum Gasteiger partial charge on any atom is -0.486 e. The number of nitrogens with one attached hydrogen (secondary N) is 2. The number of fused-ring (bicyclic) bond motifs is 1. The number of benzene rings is 1. The molecular formula is C18H15ClN4O4. The Kier molecular flexibility index (Phi) is 4.55. The van der Waals surface area contributed by atoms with Crippen molar-refractivity contribution in [3.8, 4) is 11.5 Å². The normalized spacial score (nSPS) is 15.4. The minimum atomic E-state index is -0.447. The number of amides is 1. The number of halogens is 1. The highest BCUT2D eigenvalue weighted by molar-refractivity contribution is 6.30. The lowest BCUT2D eigenvalue weighted by Gasteiger charge is -2.26. The molecule has 27 heavy (non-hydrogen) atoms. The predicted octanol–water partition coefficient (Wildman–Crippen LogP) is 2.32. The quantitative estimate of drug-likeness (QED) is 0.717. The zero-order chi connectivity index (χ0) is 18.8. The third-order valence-corrected chi connectivity index (χ3v) is 4.25. The number of ether oxygens (including phenoxy) is 2. The van der Waals surface area contributed by atoms with E-state index in [4.69, 9.17) is 21.1 Å². The summed E-state index contributed by atoms with van der Waals surface area (Å²) in [6, 6.07) is 8.79. The Labute approximate surface area is 158 Å². The van der Waals surface area contributed by atoms with Gasteiger partial charge in [-0.2, -0.15) is 5.10 Å². The Bertz CT molecular complexity index is 1050. The van der Waals surface area contributed by atoms with Crippen molar-refractivity contribution in [3.05, 3.63) is 69.9 Å². The van der Waals surface area contributed by atoms with Crippen LogP contribution >= 0.6 is 11.6 Å². The molecule has 2 N–H and O–H groups in total. The Morgan fingerprint density at radius 2 is 2.19 bits per heavy atom. The van der Waals surface area contributed by atoms with Crippen LogP contribution in [0.15, 0.2) is 53.7 Å². The average molecular weight is 387 g/mol. The fraction of sp³-hybridized carbons (Fsp3) is 0.167. The van der Waals surface area contributed by atoms with Crippen molar-refractivity contribution < 1.29 is 14.3 Å². The van der Waals surface area contributed by atoms with Crippen molar-refractivity contribution in [1.29, 1.82) is 0 Å². The van der Waals surface area contributed by atoms with Gasteiger partial charge in [0.2, 0.25) is 0 Å². The van der Waals surface area contributed by atoms with Gasteiger partial charge in [-0.3, -0.25) is 14.3 Å². The standard InChI is InChI=1S/C18H15ClN4O4/c19-14-5-11(6-20-18(14)25)17(24)22-12-7-21-23(8-12)9-13-10-26-15-3-1-2-4-16(15)27-13/h1-8,13H,9-10H2,(H,20,25)(H,22,24). The Hall–Kier alpha value is -3.26. The molecule has 4 rings (SSSR count). The molecule has 8 nitrogen and oxygen atoms in total. The van der Waals surface area contributed by atoms with Crippen molar-refractivity contribution in [3.63, 3.8) is 0 Å². The lowest BCUT2D eigenvalue weighted by atomic mass is 10.2. The van der Waals surface area contributed by atoms with E-state index in [9.17, 15) is 9.59 Å². The second-order valence-corrected chi connectivity index (χ2v) is 6.38. The number of anilines is 1. The molecule has 1 aromatic carbocycles. The smallest absolute Gasteiger partial charge is 0.266 e. The topological polar surface area (TPSA) is 98.2 Å². The highest BCUT2D eigenvalue weighted by Gasteiger charge is 2.21. The molecule has 0 bridgehead atoms. The molecular weight excluding hydrogens is 372 g/mol. The van der Waals surface area contributed by atoms with E-state index in [-0.39, 0.29) is 16.7 Å². The summed E-state index contributed by atoms with van der Waals surface area (Å²) in [5, 5.41) is 6.88. The van der Waals surface area contributed by atoms with Crippen LogP contribution < -0.4 is 20.3 Å². The Balaban J connectivity index is 1.39. The molecule has 3 aromatic rings. The summed E-state index contributed by atoms with van der Waals surface area (Å²) in [5.74, 6) is 1.02. The number of aromatic nitrogens is 3. The molecule has 2 aromatic heterocycles. The molecule has 0 spiro atoms. The molecule has 138 valence electrons. The van der Waals surface area contributed by atoms with E-state index in [2.05, 4.69) is 15.4 Å². The summed E-state index contributed by atoms with van der Waals surface area (Å²) in [7, 11) is 0. The van der Waals surface area contributed by atoms with E-state index in [0.717, 1.165) is 5.75 Å². The first-order valence-electron chi connectivity index (χ1n) is 8.19. The molecule has 0 radical (unpaired) electrons. The lowest BCUT2D eigenvalue weighted by molar-refractivity contribution is 0.0759. The van der Waals surface area contributed by atoms with Gasteiger partial charge in [0, 0.05) is 12.4 Å². The second kappa shape index (κ2) is 7.16. The molecule has 1 aliphatic heterocycles. The zero-order valence-electron chi connectivity index (χ0n) is 14.0. The number of pyridine rings is 1. The molecule has 0 aliphatic carbocycles. The number of aromatic amines is 1. The van der Waals surface area contributed by atoms with E-state index in [0.29, 0.717) is 24.6 Å². The van der Waals surface area contributed by atoms with E-state index in [1.54, 1.807) is 10.9 Å². The molecule has 1 unspecified atom stereocenters. The van der Waals surface area contributed by atoms with Gasteiger partial charge in [0.25, 0.3) is 11.5 Å². The van der Waals surface area contributed by atoms with Crippen molar-refractivity contribution in [1.82, 2.24) is 14.8 Å². The van der Waals surface area contributed by atoms with Gasteiger partial charge < -0.3 is 19.8 Å². The molecule has 3 heterocycles. The summed E-state index contributed by atoms with van der Waals surface area (Å²) < 4.78 is 13.2. The van der Waals surface area contributed by atoms with Gasteiger partial charge in [-0.25, -0.2) is 0 Å². The number of rotatable bonds is 4. The highest BCUT2D eigenvalue weighted by Crippen LogP contribution is 2.31. The molecule has 0 fully saturated rings. The fourth-order valence-electron chi connectivity index (χ4n) is 2.68. The first-order chi connectivity index (χ1) is 13.1. The van der Waals surface area contributed by atoms with Crippen LogP contribution in [0.25, 0.3) is 0 Å². The van der Waals surface area contributed by atoms with Crippen LogP contribution in [0.2, 0.25) is 5.02 Å². The van der Waals surface area contributed by atoms with Gasteiger partial charge in [-0.15, -0.1) is 0 Å². The maximum atomic E-state index is 12.2. The van der Waals surface area contributed by atoms with Crippen LogP contribution in [0.1, 0.15) is 10.4 Å². The van der Waals surface area contributed by atoms with Crippen LogP contribution in [0, 0.1) is 0 Å². The van der Waals surface area contributed by atoms with Crippen LogP contribution in [0.3, 0.4) is 0 Å². The molecule has 1 amide bonds. The third-order valence-electron chi connectivity index (χ3n) is 3.97. The van der Waals surface area contributed by atoms with Gasteiger partial charge >= 0.3 is 0 Å². The summed E-state index contributed by atoms with van der Waals surface area (Å²) in [6.45, 7) is 0.878. The van der Waals surface area contributed by atoms with Crippen molar-refractivity contribution in [2.45, 2.75) is 12.6 Å². The van der Waals surface area contributed by atoms with Crippen LogP contribution in [-0.4, -0.2) is 33.4 Å². The summed E-state index contributed by atoms with van der Waals surface area (Å²) in [5.41, 5.74) is 0.310. The predicted molar refractivity (Wildman–Crippen MR) is 98.6 cm³/mol. The zero-order valence-corrected chi connectivity index (χ0v) is 14.8. The van der Waals surface area contributed by atoms with E-state index >= 15 is 0 Å². The van der Waals surface area contributed by atoms with Gasteiger partial charge in [-0.05, 0) is 18.2 Å². The van der Waals surface area contributed by atoms with Gasteiger partial charge in [0.05, 0.1) is 24.0 Å². The van der Waals surface area contributed by atoms with Crippen molar-refractivity contribution in [2.75, 3.05) is 11.9 Å². The highest BCUT2D eigenvalue weighted by atomic mass is 35.5. The molecule has 1 aliphatic rings. The molecule has 0 saturated heterocycles. The molecule has 1 atom stereocenters. The fourth-order valence-corrected chi connectivity index (χ4v) is 2.85. The molecule has 9 heteroatoms. The average Bonchev–Trinajstić information content (AvgIpc) is 3.10. The minimum absolute atomic E-state index is 0.0481. The van der Waals surface area contributed by atoms with E-state index < -0.39 is 11.5 Å². The van der Waals surface area contributed by atoms with Crippen molar-refractivity contribution >= 4 is 23.2 Å². The number of carbonyl (C=O) groups is 1. The van der Waals surface area contributed by atoms with Gasteiger partial charge in [-0.1, -0.05) is 23.7 Å². The third kappa shape index (κ3) is 3.80. The summed E-state index contributed by atoms with van der Waals surface area (Å²) in [6.07, 6.45) is 4.33. The number of hydrogen-bond donors (Lipinski definition) is 2. The number of H-pyrrole nitrogens is 1. The SMILES string of the molecule is O=C(Nc1cnn(CC2COc3ccccc3O2)c1)c1c[nH]c(=O)c(Cl)c1. The largest absolute Gasteiger partial charge is 0.486 e. The van der Waals surface area contributed by atoms with Gasteiger partial charge in [0.15, 0.2) is 17.6 Å². The summed E-state index contributed by atoms with van der Waals surface area (Å²) in [4.78, 5) is 25.9. The van der Waals surface area contributed by atoms with Gasteiger partial charge in [0.1, 0.15) is 11.6 Å². The molecule has 0 saturated carbocycles. The van der Waals surface area contributed by atoms with Crippen LogP contribution in [-0.2, 0) is 6.54 Å². The summed E-state index contributed by atoms with van der Waals surface area (Å²) >= 11 is 5.74. The Morgan fingerprint density at radius 3 is 3.00 bits per heavy atom. The maximum Gasteiger partial charge on any atom is 0.266 e. The number of carbonyl (C=O) groups excluding carboxylic acids is 1. The van der Waals surface area contributed by atoms with Crippen LogP contribution in [0.4, 0.5) is 5.69 Å². The maximum absolute atomic E-state index is 12.2. The number of hydrogen-bond acceptors (Lipinski definition) is 5. The van der Waals surface area contributed by atoms with E-state index in [1.807, 2.05) is 24.3 Å². The lowest BCUT2D eigenvalue weighted by Crippen LogP contribution is -2.33. The first kappa shape index (κ1) is 17.2. The van der Waals surface area contributed by atoms with Crippen molar-refractivity contribution in [2.24, 2.45) is 0 Å². The second-order valence-electron chi connectivity index (χ2n) is 5.97. The first-order valence-corrected chi connectivity index (χ1v) is 8.57.